The summed E-state index contributed by atoms with van der Waals surface area (Å²) in [4.78, 5) is 32.9. The number of benzene rings is 3. The summed E-state index contributed by atoms with van der Waals surface area (Å²) in [7, 11) is 1.72. The van der Waals surface area contributed by atoms with Gasteiger partial charge in [-0.1, -0.05) is 47.5 Å². The fraction of sp³-hybridized carbons (Fsp3) is 0.160. The molecule has 0 spiro atoms. The van der Waals surface area contributed by atoms with Gasteiger partial charge in [0.15, 0.2) is 0 Å². The molecule has 160 valence electrons. The maximum atomic E-state index is 13.1. The molecule has 2 heterocycles. The van der Waals surface area contributed by atoms with E-state index in [9.17, 15) is 9.59 Å². The van der Waals surface area contributed by atoms with Crippen molar-refractivity contribution in [2.45, 2.75) is 19.4 Å². The molecule has 1 amide bonds. The second-order valence-corrected chi connectivity index (χ2v) is 8.52. The van der Waals surface area contributed by atoms with Gasteiger partial charge < -0.3 is 10.3 Å². The van der Waals surface area contributed by atoms with E-state index >= 15 is 0 Å². The summed E-state index contributed by atoms with van der Waals surface area (Å²) >= 11 is 6.31. The van der Waals surface area contributed by atoms with Crippen LogP contribution in [0.15, 0.2) is 70.5 Å². The van der Waals surface area contributed by atoms with Crippen molar-refractivity contribution in [3.05, 3.63) is 98.4 Å². The summed E-state index contributed by atoms with van der Waals surface area (Å²) < 4.78 is 1.56. The molecule has 1 atom stereocenters. The lowest BCUT2D eigenvalue weighted by atomic mass is 9.99. The summed E-state index contributed by atoms with van der Waals surface area (Å²) in [6.45, 7) is 2.03. The topological polar surface area (TPSA) is 79.2 Å². The predicted molar refractivity (Wildman–Crippen MR) is 128 cm³/mol. The number of rotatable bonds is 3. The van der Waals surface area contributed by atoms with E-state index in [1.54, 1.807) is 23.7 Å². The van der Waals surface area contributed by atoms with Crippen molar-refractivity contribution >= 4 is 39.9 Å². The number of hydrogen-bond acceptors (Lipinski definition) is 3. The first-order valence-electron chi connectivity index (χ1n) is 10.3. The van der Waals surface area contributed by atoms with Crippen LogP contribution >= 0.6 is 11.6 Å². The number of aryl methyl sites for hydroxylation is 2. The van der Waals surface area contributed by atoms with Gasteiger partial charge >= 0.3 is 5.69 Å². The molecular weight excluding hydrogens is 424 g/mol. The van der Waals surface area contributed by atoms with Gasteiger partial charge in [-0.15, -0.1) is 0 Å². The molecule has 0 saturated carbocycles. The van der Waals surface area contributed by atoms with E-state index in [1.807, 2.05) is 49.4 Å². The SMILES string of the molecule is Cc1cccc(CC2N=C(c3ccc4[nH]c(=O)n(C)c4c3)c3cc(Cl)ccc3NC2=O)c1. The second-order valence-electron chi connectivity index (χ2n) is 8.09. The first kappa shape index (κ1) is 20.3. The number of halogens is 1. The average molecular weight is 445 g/mol. The Labute approximate surface area is 189 Å². The molecule has 0 fully saturated rings. The lowest BCUT2D eigenvalue weighted by molar-refractivity contribution is -0.117. The average Bonchev–Trinajstić information content (AvgIpc) is 2.97. The summed E-state index contributed by atoms with van der Waals surface area (Å²) in [6.07, 6.45) is 0.476. The largest absolute Gasteiger partial charge is 0.326 e. The van der Waals surface area contributed by atoms with E-state index in [0.29, 0.717) is 22.8 Å². The number of amides is 1. The van der Waals surface area contributed by atoms with Gasteiger partial charge in [-0.05, 0) is 42.8 Å². The van der Waals surface area contributed by atoms with Crippen molar-refractivity contribution in [3.8, 4) is 0 Å². The van der Waals surface area contributed by atoms with Crippen molar-refractivity contribution in [1.29, 1.82) is 0 Å². The second kappa shape index (κ2) is 7.80. The molecule has 32 heavy (non-hydrogen) atoms. The molecule has 1 aliphatic heterocycles. The number of H-pyrrole nitrogens is 1. The van der Waals surface area contributed by atoms with Gasteiger partial charge in [0.1, 0.15) is 6.04 Å². The highest BCUT2D eigenvalue weighted by Gasteiger charge is 2.26. The fourth-order valence-corrected chi connectivity index (χ4v) is 4.29. The number of aromatic amines is 1. The Bertz CT molecular complexity index is 1460. The normalized spacial score (nSPS) is 15.8. The van der Waals surface area contributed by atoms with Crippen LogP contribution in [0.2, 0.25) is 5.02 Å². The fourth-order valence-electron chi connectivity index (χ4n) is 4.12. The Morgan fingerprint density at radius 2 is 1.91 bits per heavy atom. The molecule has 3 aromatic carbocycles. The van der Waals surface area contributed by atoms with Gasteiger partial charge in [0.2, 0.25) is 5.91 Å². The van der Waals surface area contributed by atoms with E-state index in [0.717, 1.165) is 33.3 Å². The number of nitrogens with zero attached hydrogens (tertiary/aromatic N) is 2. The number of aliphatic imine (C=N–C) groups is 1. The van der Waals surface area contributed by atoms with Gasteiger partial charge in [0.05, 0.1) is 22.4 Å². The van der Waals surface area contributed by atoms with Crippen LogP contribution in [-0.4, -0.2) is 27.2 Å². The van der Waals surface area contributed by atoms with Gasteiger partial charge in [0.25, 0.3) is 0 Å². The number of nitrogens with one attached hydrogen (secondary N) is 2. The van der Waals surface area contributed by atoms with E-state index in [2.05, 4.69) is 16.4 Å². The summed E-state index contributed by atoms with van der Waals surface area (Å²) in [5.41, 5.74) is 6.37. The molecule has 1 aliphatic rings. The lowest BCUT2D eigenvalue weighted by Gasteiger charge is -2.12. The molecule has 7 heteroatoms. The Hall–Kier alpha value is -3.64. The first-order chi connectivity index (χ1) is 15.4. The number of anilines is 1. The molecule has 5 rings (SSSR count). The number of hydrogen-bond donors (Lipinski definition) is 2. The third-order valence-corrected chi connectivity index (χ3v) is 6.01. The van der Waals surface area contributed by atoms with Crippen molar-refractivity contribution in [2.75, 3.05) is 5.32 Å². The molecule has 1 unspecified atom stereocenters. The van der Waals surface area contributed by atoms with Crippen molar-refractivity contribution in [2.24, 2.45) is 12.0 Å². The Balaban J connectivity index is 1.68. The maximum absolute atomic E-state index is 13.1. The number of carbonyl (C=O) groups is 1. The van der Waals surface area contributed by atoms with E-state index < -0.39 is 6.04 Å². The molecule has 1 aromatic heterocycles. The minimum absolute atomic E-state index is 0.166. The molecular formula is C25H21ClN4O2. The van der Waals surface area contributed by atoms with Gasteiger partial charge in [-0.3, -0.25) is 14.4 Å². The number of benzodiazepines with no additional fused rings is 1. The first-order valence-corrected chi connectivity index (χ1v) is 10.7. The minimum Gasteiger partial charge on any atom is -0.324 e. The zero-order chi connectivity index (χ0) is 22.4. The van der Waals surface area contributed by atoms with Crippen LogP contribution in [0.4, 0.5) is 5.69 Å². The summed E-state index contributed by atoms with van der Waals surface area (Å²) in [5.74, 6) is -0.166. The number of imidazole rings is 1. The quantitative estimate of drug-likeness (QED) is 0.496. The summed E-state index contributed by atoms with van der Waals surface area (Å²) in [6, 6.07) is 18.5. The Morgan fingerprint density at radius 3 is 2.72 bits per heavy atom. The lowest BCUT2D eigenvalue weighted by Crippen LogP contribution is -2.27. The van der Waals surface area contributed by atoms with Gasteiger partial charge in [0, 0.05) is 29.6 Å². The van der Waals surface area contributed by atoms with Crippen LogP contribution in [0.1, 0.15) is 22.3 Å². The number of fused-ring (bicyclic) bond motifs is 2. The van der Waals surface area contributed by atoms with E-state index in [-0.39, 0.29) is 11.6 Å². The van der Waals surface area contributed by atoms with Crippen LogP contribution in [-0.2, 0) is 18.3 Å². The van der Waals surface area contributed by atoms with Crippen LogP contribution < -0.4 is 11.0 Å². The van der Waals surface area contributed by atoms with Crippen LogP contribution in [0, 0.1) is 6.92 Å². The zero-order valence-electron chi connectivity index (χ0n) is 17.6. The zero-order valence-corrected chi connectivity index (χ0v) is 18.4. The number of carbonyl (C=O) groups excluding carboxylic acids is 1. The monoisotopic (exact) mass is 444 g/mol. The maximum Gasteiger partial charge on any atom is 0.326 e. The molecule has 2 N–H and O–H groups in total. The van der Waals surface area contributed by atoms with Crippen molar-refractivity contribution in [3.63, 3.8) is 0 Å². The molecule has 0 radical (unpaired) electrons. The van der Waals surface area contributed by atoms with Crippen LogP contribution in [0.3, 0.4) is 0 Å². The third kappa shape index (κ3) is 3.63. The smallest absolute Gasteiger partial charge is 0.324 e. The third-order valence-electron chi connectivity index (χ3n) is 5.77. The van der Waals surface area contributed by atoms with Crippen molar-refractivity contribution < 1.29 is 4.79 Å². The molecule has 0 saturated heterocycles. The Kier molecular flexibility index (Phi) is 4.94. The molecule has 6 nitrogen and oxygen atoms in total. The Morgan fingerprint density at radius 1 is 1.06 bits per heavy atom. The van der Waals surface area contributed by atoms with Crippen molar-refractivity contribution in [1.82, 2.24) is 9.55 Å². The molecule has 4 aromatic rings. The molecule has 0 aliphatic carbocycles. The minimum atomic E-state index is -0.608. The van der Waals surface area contributed by atoms with E-state index in [1.165, 1.54) is 0 Å². The van der Waals surface area contributed by atoms with Gasteiger partial charge in [-0.2, -0.15) is 0 Å². The predicted octanol–water partition coefficient (Wildman–Crippen LogP) is 4.23. The highest BCUT2D eigenvalue weighted by Crippen LogP contribution is 2.29. The molecule has 0 bridgehead atoms. The highest BCUT2D eigenvalue weighted by atomic mass is 35.5. The van der Waals surface area contributed by atoms with Crippen LogP contribution in [0.5, 0.6) is 0 Å². The highest BCUT2D eigenvalue weighted by molar-refractivity contribution is 6.32. The van der Waals surface area contributed by atoms with Gasteiger partial charge in [-0.25, -0.2) is 4.79 Å². The standard InChI is InChI=1S/C25H21ClN4O2/c1-14-4-3-5-15(10-14)11-21-24(31)28-19-9-7-17(26)13-18(19)23(27-21)16-6-8-20-22(12-16)30(2)25(32)29-20/h3-10,12-13,21H,11H2,1-2H3,(H,28,31)(H,29,32). The van der Waals surface area contributed by atoms with E-state index in [4.69, 9.17) is 16.6 Å². The number of aromatic nitrogens is 2. The summed E-state index contributed by atoms with van der Waals surface area (Å²) in [5, 5.41) is 3.57. The van der Waals surface area contributed by atoms with Crippen LogP contribution in [0.25, 0.3) is 11.0 Å².